The standard InChI is InChI=1S/C18H23ClN4O2S/c1-18(2)15-10-22(17-6-12(19)5-16-14(17)7-20-21-16)8-11(15)9-23(18)26(24,25)13-3-4-13/h5-7,11,13,15H,3-4,8-10H2,1-2H3,(H,20,21). The van der Waals surface area contributed by atoms with E-state index < -0.39 is 10.0 Å². The fourth-order valence-corrected chi connectivity index (χ4v) is 7.42. The lowest BCUT2D eigenvalue weighted by Gasteiger charge is -2.36. The molecular formula is C18H23ClN4O2S. The van der Waals surface area contributed by atoms with Crippen LogP contribution in [-0.4, -0.2) is 53.3 Å². The predicted molar refractivity (Wildman–Crippen MR) is 103 cm³/mol. The first-order valence-corrected chi connectivity index (χ1v) is 11.1. The lowest BCUT2D eigenvalue weighted by Crippen LogP contribution is -2.49. The Kier molecular flexibility index (Phi) is 3.47. The highest BCUT2D eigenvalue weighted by Crippen LogP contribution is 2.48. The topological polar surface area (TPSA) is 69.3 Å². The van der Waals surface area contributed by atoms with Crippen LogP contribution in [0, 0.1) is 11.8 Å². The Labute approximate surface area is 158 Å². The highest BCUT2D eigenvalue weighted by Gasteiger charge is 2.58. The zero-order chi connectivity index (χ0) is 18.3. The summed E-state index contributed by atoms with van der Waals surface area (Å²) in [7, 11) is -3.15. The second-order valence-electron chi connectivity index (χ2n) is 8.46. The number of H-pyrrole nitrogens is 1. The van der Waals surface area contributed by atoms with Crippen LogP contribution >= 0.6 is 11.6 Å². The monoisotopic (exact) mass is 394 g/mol. The minimum absolute atomic E-state index is 0.143. The van der Waals surface area contributed by atoms with Gasteiger partial charge in [-0.05, 0) is 44.7 Å². The predicted octanol–water partition coefficient (Wildman–Crippen LogP) is 2.86. The molecule has 2 unspecified atom stereocenters. The summed E-state index contributed by atoms with van der Waals surface area (Å²) in [6.45, 7) is 6.50. The minimum atomic E-state index is -3.15. The van der Waals surface area contributed by atoms with E-state index in [0.29, 0.717) is 23.4 Å². The molecule has 26 heavy (non-hydrogen) atoms. The number of benzene rings is 1. The molecule has 6 nitrogen and oxygen atoms in total. The largest absolute Gasteiger partial charge is 0.370 e. The third kappa shape index (κ3) is 2.33. The molecule has 1 aromatic heterocycles. The Morgan fingerprint density at radius 1 is 1.23 bits per heavy atom. The first-order valence-electron chi connectivity index (χ1n) is 9.17. The number of nitrogens with zero attached hydrogens (tertiary/aromatic N) is 3. The number of nitrogens with one attached hydrogen (secondary N) is 1. The van der Waals surface area contributed by atoms with E-state index in [1.807, 2.05) is 18.3 Å². The number of fused-ring (bicyclic) bond motifs is 2. The smallest absolute Gasteiger partial charge is 0.217 e. The first kappa shape index (κ1) is 16.8. The molecule has 1 aliphatic carbocycles. The van der Waals surface area contributed by atoms with Gasteiger partial charge in [0.25, 0.3) is 0 Å². The number of halogens is 1. The van der Waals surface area contributed by atoms with Gasteiger partial charge in [0.1, 0.15) is 0 Å². The summed E-state index contributed by atoms with van der Waals surface area (Å²) >= 11 is 6.30. The van der Waals surface area contributed by atoms with Crippen LogP contribution in [0.2, 0.25) is 5.02 Å². The van der Waals surface area contributed by atoms with Crippen LogP contribution in [0.5, 0.6) is 0 Å². The molecule has 0 amide bonds. The van der Waals surface area contributed by atoms with Crippen LogP contribution in [0.15, 0.2) is 18.3 Å². The van der Waals surface area contributed by atoms with Crippen LogP contribution in [0.4, 0.5) is 5.69 Å². The maximum Gasteiger partial charge on any atom is 0.217 e. The van der Waals surface area contributed by atoms with Crippen molar-refractivity contribution in [1.82, 2.24) is 14.5 Å². The first-order chi connectivity index (χ1) is 12.3. The van der Waals surface area contributed by atoms with Crippen molar-refractivity contribution in [2.24, 2.45) is 11.8 Å². The summed E-state index contributed by atoms with van der Waals surface area (Å²) in [4.78, 5) is 2.35. The van der Waals surface area contributed by atoms with E-state index in [1.165, 1.54) is 0 Å². The van der Waals surface area contributed by atoms with Gasteiger partial charge in [-0.3, -0.25) is 5.10 Å². The van der Waals surface area contributed by atoms with Crippen molar-refractivity contribution < 1.29 is 8.42 Å². The number of sulfonamides is 1. The molecule has 2 saturated heterocycles. The van der Waals surface area contributed by atoms with Crippen molar-refractivity contribution in [2.45, 2.75) is 37.5 Å². The number of hydrogen-bond donors (Lipinski definition) is 1. The summed E-state index contributed by atoms with van der Waals surface area (Å²) in [6, 6.07) is 3.88. The average Bonchev–Trinajstić information content (AvgIpc) is 3.09. The Hall–Kier alpha value is -1.31. The van der Waals surface area contributed by atoms with Gasteiger partial charge in [0.2, 0.25) is 10.0 Å². The van der Waals surface area contributed by atoms with Crippen LogP contribution < -0.4 is 4.90 Å². The lowest BCUT2D eigenvalue weighted by atomic mass is 9.85. The molecule has 8 heteroatoms. The zero-order valence-corrected chi connectivity index (χ0v) is 16.5. The molecule has 3 aliphatic rings. The average molecular weight is 395 g/mol. The van der Waals surface area contributed by atoms with E-state index in [9.17, 15) is 8.42 Å². The Balaban J connectivity index is 1.46. The maximum atomic E-state index is 12.9. The number of hydrogen-bond acceptors (Lipinski definition) is 4. The summed E-state index contributed by atoms with van der Waals surface area (Å²) in [6.07, 6.45) is 3.47. The van der Waals surface area contributed by atoms with Crippen molar-refractivity contribution in [1.29, 1.82) is 0 Å². The summed E-state index contributed by atoms with van der Waals surface area (Å²) in [5.74, 6) is 0.663. The van der Waals surface area contributed by atoms with Gasteiger partial charge in [0.05, 0.1) is 17.0 Å². The molecule has 2 aliphatic heterocycles. The third-order valence-corrected chi connectivity index (χ3v) is 9.25. The van der Waals surface area contributed by atoms with E-state index in [1.54, 1.807) is 4.31 Å². The van der Waals surface area contributed by atoms with Crippen molar-refractivity contribution in [2.75, 3.05) is 24.5 Å². The quantitative estimate of drug-likeness (QED) is 0.869. The van der Waals surface area contributed by atoms with Gasteiger partial charge in [-0.25, -0.2) is 8.42 Å². The molecule has 3 heterocycles. The summed E-state index contributed by atoms with van der Waals surface area (Å²) < 4.78 is 27.5. The second kappa shape index (κ2) is 5.36. The number of aromatic nitrogens is 2. The van der Waals surface area contributed by atoms with Gasteiger partial charge in [0, 0.05) is 47.2 Å². The number of rotatable bonds is 3. The molecule has 0 bridgehead atoms. The molecule has 140 valence electrons. The number of aromatic amines is 1. The van der Waals surface area contributed by atoms with Gasteiger partial charge in [0.15, 0.2) is 0 Å². The molecule has 1 aromatic carbocycles. The van der Waals surface area contributed by atoms with Gasteiger partial charge in [-0.2, -0.15) is 9.40 Å². The Morgan fingerprint density at radius 2 is 2.00 bits per heavy atom. The highest BCUT2D eigenvalue weighted by atomic mass is 35.5. The molecule has 1 saturated carbocycles. The summed E-state index contributed by atoms with van der Waals surface area (Å²) in [5.41, 5.74) is 1.67. The van der Waals surface area contributed by atoms with Crippen LogP contribution in [0.25, 0.3) is 10.9 Å². The highest BCUT2D eigenvalue weighted by molar-refractivity contribution is 7.90. The molecule has 2 atom stereocenters. The molecule has 1 N–H and O–H groups in total. The van der Waals surface area contributed by atoms with E-state index in [-0.39, 0.29) is 10.8 Å². The van der Waals surface area contributed by atoms with E-state index in [2.05, 4.69) is 28.9 Å². The molecular weight excluding hydrogens is 372 g/mol. The van der Waals surface area contributed by atoms with E-state index in [0.717, 1.165) is 42.5 Å². The lowest BCUT2D eigenvalue weighted by molar-refractivity contribution is 0.235. The maximum absolute atomic E-state index is 12.9. The number of anilines is 1. The molecule has 5 rings (SSSR count). The fraction of sp³-hybridized carbons (Fsp3) is 0.611. The summed E-state index contributed by atoms with van der Waals surface area (Å²) in [5, 5.41) is 8.74. The normalized spacial score (nSPS) is 28.8. The third-order valence-electron chi connectivity index (χ3n) is 6.49. The Morgan fingerprint density at radius 3 is 2.69 bits per heavy atom. The molecule has 2 aromatic rings. The molecule has 0 spiro atoms. The van der Waals surface area contributed by atoms with Crippen molar-refractivity contribution in [3.8, 4) is 0 Å². The van der Waals surface area contributed by atoms with E-state index in [4.69, 9.17) is 11.6 Å². The van der Waals surface area contributed by atoms with Crippen LogP contribution in [0.3, 0.4) is 0 Å². The van der Waals surface area contributed by atoms with Crippen LogP contribution in [0.1, 0.15) is 26.7 Å². The van der Waals surface area contributed by atoms with Gasteiger partial charge in [-0.1, -0.05) is 11.6 Å². The van der Waals surface area contributed by atoms with Crippen molar-refractivity contribution in [3.05, 3.63) is 23.4 Å². The van der Waals surface area contributed by atoms with Crippen molar-refractivity contribution in [3.63, 3.8) is 0 Å². The van der Waals surface area contributed by atoms with Crippen LogP contribution in [-0.2, 0) is 10.0 Å². The molecule has 3 fully saturated rings. The van der Waals surface area contributed by atoms with Gasteiger partial charge < -0.3 is 4.90 Å². The van der Waals surface area contributed by atoms with Gasteiger partial charge in [-0.15, -0.1) is 0 Å². The zero-order valence-electron chi connectivity index (χ0n) is 14.9. The Bertz CT molecular complexity index is 982. The fourth-order valence-electron chi connectivity index (χ4n) is 4.92. The van der Waals surface area contributed by atoms with E-state index >= 15 is 0 Å². The van der Waals surface area contributed by atoms with Gasteiger partial charge >= 0.3 is 0 Å². The minimum Gasteiger partial charge on any atom is -0.370 e. The molecule has 0 radical (unpaired) electrons. The van der Waals surface area contributed by atoms with Crippen molar-refractivity contribution >= 4 is 38.2 Å². The SMILES string of the molecule is CC1(C)C2CN(c3cc(Cl)cc4[nH]ncc34)CC2CN1S(=O)(=O)C1CC1. The second-order valence-corrected chi connectivity index (χ2v) is 11.0.